The Morgan fingerprint density at radius 1 is 0.667 bits per heavy atom. The van der Waals surface area contributed by atoms with Crippen LogP contribution in [0.2, 0.25) is 0 Å². The molecule has 66 valence electrons. The molecule has 0 atom stereocenters. The van der Waals surface area contributed by atoms with E-state index in [1.807, 2.05) is 0 Å². The van der Waals surface area contributed by atoms with Crippen LogP contribution in [0.15, 0.2) is 0 Å². The minimum absolute atomic E-state index is 0. The van der Waals surface area contributed by atoms with Gasteiger partial charge in [0.05, 0.1) is 0 Å². The summed E-state index contributed by atoms with van der Waals surface area (Å²) in [5, 5.41) is 0. The van der Waals surface area contributed by atoms with Crippen molar-refractivity contribution >= 4 is 27.3 Å². The first-order valence-electron chi connectivity index (χ1n) is 1.33. The molecule has 0 amide bonds. The Morgan fingerprint density at radius 3 is 0.667 bits per heavy atom. The van der Waals surface area contributed by atoms with Crippen molar-refractivity contribution in [2.24, 2.45) is 0 Å². The summed E-state index contributed by atoms with van der Waals surface area (Å²) in [6.45, 7) is 0. The van der Waals surface area contributed by atoms with E-state index in [-0.39, 0.29) is 46.8 Å². The first-order chi connectivity index (χ1) is 4.00. The molecule has 0 saturated heterocycles. The molecule has 0 rings (SSSR count). The van der Waals surface area contributed by atoms with Gasteiger partial charge in [-0.2, -0.15) is 0 Å². The summed E-state index contributed by atoms with van der Waals surface area (Å²) in [6.07, 6.45) is 0. The zero-order chi connectivity index (χ0) is 9.00. The Bertz CT molecular complexity index is 213. The van der Waals surface area contributed by atoms with Crippen LogP contribution in [-0.2, 0) is 66.6 Å². The monoisotopic (exact) mass is 768 g/mol. The summed E-state index contributed by atoms with van der Waals surface area (Å²) in [5.74, 6) is 0. The average molecular weight is 768 g/mol. The molecule has 8 nitrogen and oxygen atoms in total. The van der Waals surface area contributed by atoms with Crippen LogP contribution in [0, 0.1) is 0 Å². The summed E-state index contributed by atoms with van der Waals surface area (Å²) >= 11 is -12.3. The summed E-state index contributed by atoms with van der Waals surface area (Å²) in [7, 11) is 0. The molecule has 0 N–H and O–H groups in total. The summed E-state index contributed by atoms with van der Waals surface area (Å²) in [6, 6.07) is 0. The maximum absolute atomic E-state index is 8.65. The molecule has 0 aliphatic carbocycles. The molecule has 12 heavy (non-hydrogen) atoms. The molecule has 12 heteroatoms. The standard InChI is InChI=1S/8O.Pb.2W.Zn/q;;;;4*-1;+2;;;+2. The second-order valence-corrected chi connectivity index (χ2v) is 6.68. The molecule has 0 aliphatic rings. The van der Waals surface area contributed by atoms with Gasteiger partial charge < -0.3 is 0 Å². The smallest absolute Gasteiger partial charge is 2.00 e. The molecule has 0 saturated carbocycles. The van der Waals surface area contributed by atoms with Crippen molar-refractivity contribution < 1.29 is 81.6 Å². The van der Waals surface area contributed by atoms with Gasteiger partial charge in [-0.3, -0.25) is 0 Å². The van der Waals surface area contributed by atoms with Gasteiger partial charge in [0.1, 0.15) is 0 Å². The topological polar surface area (TPSA) is 161 Å². The SMILES string of the molecule is [O]=[W](=[O])([O-])[O-].[O]=[W](=[O])([O-])[O-].[Pb+2].[Zn+2]. The molecule has 0 heterocycles. The van der Waals surface area contributed by atoms with E-state index in [1.54, 1.807) is 0 Å². The zero-order valence-electron chi connectivity index (χ0n) is 5.29. The van der Waals surface area contributed by atoms with Crippen LogP contribution in [0.3, 0.4) is 0 Å². The molecular formula is O8PbW2Zn. The third kappa shape index (κ3) is 373. The molecule has 0 aromatic carbocycles. The van der Waals surface area contributed by atoms with Crippen LogP contribution in [0.4, 0.5) is 0 Å². The fourth-order valence-electron chi connectivity index (χ4n) is 0. The normalized spacial score (nSPS) is 9.67. The number of hydrogen-bond donors (Lipinski definition) is 0. The van der Waals surface area contributed by atoms with Gasteiger partial charge in [-0.15, -0.1) is 0 Å². The maximum atomic E-state index is 8.65. The maximum Gasteiger partial charge on any atom is 2.00 e. The number of rotatable bonds is 0. The summed E-state index contributed by atoms with van der Waals surface area (Å²) in [5.41, 5.74) is 0. The average Bonchev–Trinajstić information content (AvgIpc) is 1.12. The second kappa shape index (κ2) is 9.51. The van der Waals surface area contributed by atoms with Crippen molar-refractivity contribution in [3.63, 3.8) is 0 Å². The fraction of sp³-hybridized carbons (Fsp3) is 0. The first-order valence-corrected chi connectivity index (χ1v) is 10.9. The van der Waals surface area contributed by atoms with Crippen LogP contribution in [0.25, 0.3) is 0 Å². The van der Waals surface area contributed by atoms with Crippen LogP contribution in [0.1, 0.15) is 0 Å². The van der Waals surface area contributed by atoms with Crippen LogP contribution in [0.5, 0.6) is 0 Å². The molecule has 0 bridgehead atoms. The van der Waals surface area contributed by atoms with Crippen molar-refractivity contribution in [1.29, 1.82) is 0 Å². The minimum Gasteiger partial charge on any atom is 2.00 e. The van der Waals surface area contributed by atoms with E-state index in [0.717, 1.165) is 0 Å². The van der Waals surface area contributed by atoms with Gasteiger partial charge in [0, 0.05) is 0 Å². The second-order valence-electron chi connectivity index (χ2n) is 0.816. The molecular weight excluding hydrogens is 768 g/mol. The molecule has 0 unspecified atom stereocenters. The molecule has 0 aliphatic heterocycles. The Morgan fingerprint density at radius 2 is 0.667 bits per heavy atom. The molecule has 0 aromatic heterocycles. The van der Waals surface area contributed by atoms with Crippen LogP contribution in [-0.4, -0.2) is 27.3 Å². The van der Waals surface area contributed by atoms with E-state index in [1.165, 1.54) is 0 Å². The van der Waals surface area contributed by atoms with E-state index in [4.69, 9.17) is 28.6 Å². The van der Waals surface area contributed by atoms with E-state index >= 15 is 0 Å². The van der Waals surface area contributed by atoms with Gasteiger partial charge in [-0.25, -0.2) is 0 Å². The van der Waals surface area contributed by atoms with Crippen LogP contribution < -0.4 is 15.0 Å². The molecule has 0 spiro atoms. The van der Waals surface area contributed by atoms with Crippen molar-refractivity contribution in [1.82, 2.24) is 0 Å². The Balaban J connectivity index is -0.0000000457. The van der Waals surface area contributed by atoms with Gasteiger partial charge in [0.2, 0.25) is 0 Å². The van der Waals surface area contributed by atoms with Gasteiger partial charge in [-0.1, -0.05) is 0 Å². The summed E-state index contributed by atoms with van der Waals surface area (Å²) < 4.78 is 69.2. The molecule has 0 fully saturated rings. The predicted molar refractivity (Wildman–Crippen MR) is 8.50 cm³/mol. The van der Waals surface area contributed by atoms with E-state index in [2.05, 4.69) is 0 Å². The van der Waals surface area contributed by atoms with Gasteiger partial charge in [-0.05, 0) is 0 Å². The Hall–Kier alpha value is 1.96. The van der Waals surface area contributed by atoms with E-state index < -0.39 is 33.5 Å². The van der Waals surface area contributed by atoms with E-state index in [9.17, 15) is 0 Å². The first kappa shape index (κ1) is 23.6. The van der Waals surface area contributed by atoms with Crippen molar-refractivity contribution in [2.75, 3.05) is 0 Å². The van der Waals surface area contributed by atoms with Crippen LogP contribution >= 0.6 is 0 Å². The third-order valence-corrected chi connectivity index (χ3v) is 0. The van der Waals surface area contributed by atoms with Crippen molar-refractivity contribution in [2.45, 2.75) is 0 Å². The van der Waals surface area contributed by atoms with E-state index in [0.29, 0.717) is 0 Å². The zero-order valence-corrected chi connectivity index (χ0v) is 18.0. The largest absolute Gasteiger partial charge is 2.00 e. The van der Waals surface area contributed by atoms with Crippen molar-refractivity contribution in [3.8, 4) is 0 Å². The van der Waals surface area contributed by atoms with Gasteiger partial charge in [0.25, 0.3) is 0 Å². The summed E-state index contributed by atoms with van der Waals surface area (Å²) in [4.78, 5) is 0. The molecule has 0 aromatic rings. The minimum atomic E-state index is -6.17. The van der Waals surface area contributed by atoms with Gasteiger partial charge >= 0.3 is 109 Å². The van der Waals surface area contributed by atoms with Gasteiger partial charge in [0.15, 0.2) is 0 Å². The quantitative estimate of drug-likeness (QED) is 0.221. The Labute approximate surface area is 107 Å². The number of hydrogen-bond acceptors (Lipinski definition) is 8. The van der Waals surface area contributed by atoms with Crippen molar-refractivity contribution in [3.05, 3.63) is 0 Å². The Kier molecular flexibility index (Phi) is 18.7. The third-order valence-electron chi connectivity index (χ3n) is 0. The molecule has 2 radical (unpaired) electrons. The fourth-order valence-corrected chi connectivity index (χ4v) is 0. The predicted octanol–water partition coefficient (Wildman–Crippen LogP) is -5.62.